The van der Waals surface area contributed by atoms with Gasteiger partial charge in [-0.2, -0.15) is 13.1 Å². The van der Waals surface area contributed by atoms with E-state index < -0.39 is 16.3 Å². The summed E-state index contributed by atoms with van der Waals surface area (Å²) in [6, 6.07) is 19.7. The summed E-state index contributed by atoms with van der Waals surface area (Å²) in [5.41, 5.74) is 7.77. The molecule has 39 heavy (non-hydrogen) atoms. The third-order valence-electron chi connectivity index (χ3n) is 6.83. The third-order valence-corrected chi connectivity index (χ3v) is 8.01. The molecule has 1 atom stereocenters. The normalized spacial score (nSPS) is 14.8. The van der Waals surface area contributed by atoms with Crippen molar-refractivity contribution in [2.45, 2.75) is 25.8 Å². The van der Waals surface area contributed by atoms with Crippen molar-refractivity contribution in [3.63, 3.8) is 0 Å². The predicted octanol–water partition coefficient (Wildman–Crippen LogP) is 1.39. The molecule has 2 amide bonds. The molecule has 0 spiro atoms. The quantitative estimate of drug-likeness (QED) is 0.222. The smallest absolute Gasteiger partial charge is 0.277 e. The van der Waals surface area contributed by atoms with E-state index in [4.69, 9.17) is 11.1 Å². The van der Waals surface area contributed by atoms with Crippen LogP contribution in [0, 0.1) is 5.41 Å². The van der Waals surface area contributed by atoms with Crippen molar-refractivity contribution >= 4 is 38.6 Å². The van der Waals surface area contributed by atoms with E-state index in [2.05, 4.69) is 9.44 Å². The number of rotatable bonds is 10. The number of benzene rings is 3. The van der Waals surface area contributed by atoms with Crippen LogP contribution in [0.25, 0.3) is 10.8 Å². The predicted molar refractivity (Wildman–Crippen MR) is 151 cm³/mol. The fraction of sp³-hybridized carbons (Fsp3) is 0.321. The first kappa shape index (κ1) is 28.2. The van der Waals surface area contributed by atoms with E-state index in [0.29, 0.717) is 43.7 Å². The van der Waals surface area contributed by atoms with Crippen LogP contribution in [0.1, 0.15) is 23.6 Å². The molecule has 10 nitrogen and oxygen atoms in total. The highest BCUT2D eigenvalue weighted by Crippen LogP contribution is 2.16. The van der Waals surface area contributed by atoms with Crippen molar-refractivity contribution in [3.05, 3.63) is 83.4 Å². The van der Waals surface area contributed by atoms with Crippen molar-refractivity contribution in [1.82, 2.24) is 19.2 Å². The minimum absolute atomic E-state index is 0.0592. The molecule has 3 aromatic carbocycles. The number of fused-ring (bicyclic) bond motifs is 1. The Balaban J connectivity index is 1.45. The molecule has 1 aliphatic rings. The van der Waals surface area contributed by atoms with Gasteiger partial charge < -0.3 is 15.5 Å². The van der Waals surface area contributed by atoms with Gasteiger partial charge in [0.05, 0.1) is 0 Å². The van der Waals surface area contributed by atoms with Gasteiger partial charge in [-0.1, -0.05) is 60.7 Å². The minimum Gasteiger partial charge on any atom is -0.384 e. The van der Waals surface area contributed by atoms with Gasteiger partial charge in [0.2, 0.25) is 11.8 Å². The lowest BCUT2D eigenvalue weighted by Crippen LogP contribution is -2.57. The zero-order chi connectivity index (χ0) is 28.0. The number of amides is 2. The average Bonchev–Trinajstić information content (AvgIpc) is 2.92. The van der Waals surface area contributed by atoms with Crippen LogP contribution in [0.5, 0.6) is 0 Å². The van der Waals surface area contributed by atoms with Gasteiger partial charge in [-0.3, -0.25) is 15.0 Å². The van der Waals surface area contributed by atoms with Crippen LogP contribution in [0.3, 0.4) is 0 Å². The number of hydrogen-bond acceptors (Lipinski definition) is 5. The average molecular weight is 551 g/mol. The van der Waals surface area contributed by atoms with E-state index in [1.165, 1.54) is 6.92 Å². The molecule has 0 aromatic heterocycles. The Hall–Kier alpha value is -3.80. The Labute approximate surface area is 228 Å². The summed E-state index contributed by atoms with van der Waals surface area (Å²) in [7, 11) is -4.03. The Bertz CT molecular complexity index is 1470. The van der Waals surface area contributed by atoms with Gasteiger partial charge in [0, 0.05) is 45.2 Å². The molecule has 11 heteroatoms. The molecule has 0 bridgehead atoms. The van der Waals surface area contributed by atoms with Gasteiger partial charge >= 0.3 is 0 Å². The first-order valence-electron chi connectivity index (χ1n) is 12.8. The number of carbonyl (C=O) groups excluding carboxylic acids is 2. The van der Waals surface area contributed by atoms with Crippen molar-refractivity contribution in [2.24, 2.45) is 5.73 Å². The van der Waals surface area contributed by atoms with Crippen LogP contribution < -0.4 is 15.2 Å². The molecular weight excluding hydrogens is 516 g/mol. The van der Waals surface area contributed by atoms with Gasteiger partial charge in [0.15, 0.2) is 0 Å². The monoisotopic (exact) mass is 550 g/mol. The number of nitrogen functional groups attached to an aromatic ring is 1. The first-order chi connectivity index (χ1) is 18.6. The van der Waals surface area contributed by atoms with Gasteiger partial charge in [-0.15, -0.1) is 0 Å². The van der Waals surface area contributed by atoms with E-state index in [-0.39, 0.29) is 30.6 Å². The summed E-state index contributed by atoms with van der Waals surface area (Å²) in [6.07, 6.45) is 0.566. The van der Waals surface area contributed by atoms with Crippen LogP contribution in [0.4, 0.5) is 0 Å². The van der Waals surface area contributed by atoms with Crippen molar-refractivity contribution in [2.75, 3.05) is 32.7 Å². The molecule has 0 radical (unpaired) electrons. The maximum absolute atomic E-state index is 13.5. The van der Waals surface area contributed by atoms with E-state index in [9.17, 15) is 18.0 Å². The van der Waals surface area contributed by atoms with Crippen molar-refractivity contribution in [1.29, 1.82) is 5.41 Å². The SMILES string of the molecule is CC(=O)N1CCN(C(=O)C(Cc2cccc(C(=N)N)c2)NS(=O)(=O)NCCc2ccc3ccccc3c2)CC1. The standard InChI is InChI=1S/C28H34N6O4S/c1-20(35)33-13-15-34(16-14-33)28(36)26(19-22-5-4-8-25(18-22)27(29)30)32-39(37,38)31-12-11-21-9-10-23-6-2-3-7-24(23)17-21/h2-10,17-18,26,31-32H,11-16,19H2,1H3,(H3,29,30). The third kappa shape index (κ3) is 7.62. The summed E-state index contributed by atoms with van der Waals surface area (Å²) in [4.78, 5) is 28.4. The molecule has 1 heterocycles. The van der Waals surface area contributed by atoms with Gasteiger partial charge in [0.1, 0.15) is 11.9 Å². The minimum atomic E-state index is -4.03. The van der Waals surface area contributed by atoms with E-state index in [0.717, 1.165) is 16.3 Å². The topological polar surface area (TPSA) is 149 Å². The molecule has 1 fully saturated rings. The molecule has 5 N–H and O–H groups in total. The van der Waals surface area contributed by atoms with Gasteiger partial charge in [-0.05, 0) is 40.8 Å². The number of amidine groups is 1. The first-order valence-corrected chi connectivity index (χ1v) is 14.3. The van der Waals surface area contributed by atoms with Crippen LogP contribution in [-0.4, -0.2) is 74.6 Å². The fourth-order valence-electron chi connectivity index (χ4n) is 4.70. The second-order valence-corrected chi connectivity index (χ2v) is 11.2. The molecule has 1 saturated heterocycles. The number of nitrogens with zero attached hydrogens (tertiary/aromatic N) is 2. The maximum atomic E-state index is 13.5. The molecular formula is C28H34N6O4S. The molecule has 3 aromatic rings. The number of piperazine rings is 1. The maximum Gasteiger partial charge on any atom is 0.277 e. The zero-order valence-electron chi connectivity index (χ0n) is 21.9. The summed E-state index contributed by atoms with van der Waals surface area (Å²) in [6.45, 7) is 3.07. The summed E-state index contributed by atoms with van der Waals surface area (Å²) < 4.78 is 31.2. The highest BCUT2D eigenvalue weighted by Gasteiger charge is 2.31. The molecule has 1 aliphatic heterocycles. The Morgan fingerprint density at radius 2 is 1.62 bits per heavy atom. The molecule has 0 saturated carbocycles. The van der Waals surface area contributed by atoms with Crippen LogP contribution in [0.15, 0.2) is 66.7 Å². The Morgan fingerprint density at radius 3 is 2.31 bits per heavy atom. The Morgan fingerprint density at radius 1 is 0.923 bits per heavy atom. The summed E-state index contributed by atoms with van der Waals surface area (Å²) in [5, 5.41) is 9.89. The van der Waals surface area contributed by atoms with E-state index >= 15 is 0 Å². The molecule has 0 aliphatic carbocycles. The lowest BCUT2D eigenvalue weighted by atomic mass is 10.0. The second kappa shape index (κ2) is 12.4. The summed E-state index contributed by atoms with van der Waals surface area (Å²) in [5.74, 6) is -0.543. The largest absolute Gasteiger partial charge is 0.384 e. The number of nitrogens with one attached hydrogen (secondary N) is 3. The number of nitrogens with two attached hydrogens (primary N) is 1. The Kier molecular flexibility index (Phi) is 8.95. The van der Waals surface area contributed by atoms with E-state index in [1.807, 2.05) is 42.5 Å². The molecule has 206 valence electrons. The van der Waals surface area contributed by atoms with Crippen molar-refractivity contribution < 1.29 is 18.0 Å². The van der Waals surface area contributed by atoms with Gasteiger partial charge in [-0.25, -0.2) is 4.72 Å². The highest BCUT2D eigenvalue weighted by molar-refractivity contribution is 7.87. The number of hydrogen-bond donors (Lipinski definition) is 4. The zero-order valence-corrected chi connectivity index (χ0v) is 22.7. The molecule has 1 unspecified atom stereocenters. The highest BCUT2D eigenvalue weighted by atomic mass is 32.2. The second-order valence-electron chi connectivity index (χ2n) is 9.65. The fourth-order valence-corrected chi connectivity index (χ4v) is 5.71. The van der Waals surface area contributed by atoms with Crippen LogP contribution >= 0.6 is 0 Å². The molecule has 4 rings (SSSR count). The van der Waals surface area contributed by atoms with Crippen LogP contribution in [-0.2, 0) is 32.6 Å². The number of carbonyl (C=O) groups is 2. The summed E-state index contributed by atoms with van der Waals surface area (Å²) >= 11 is 0. The van der Waals surface area contributed by atoms with Gasteiger partial charge in [0.25, 0.3) is 10.2 Å². The van der Waals surface area contributed by atoms with Crippen LogP contribution in [0.2, 0.25) is 0 Å². The lowest BCUT2D eigenvalue weighted by molar-refractivity contribution is -0.139. The van der Waals surface area contributed by atoms with Crippen molar-refractivity contribution in [3.8, 4) is 0 Å². The van der Waals surface area contributed by atoms with E-state index in [1.54, 1.807) is 34.1 Å². The lowest BCUT2D eigenvalue weighted by Gasteiger charge is -2.36.